The molecule has 48 valence electrons. The molecule has 2 heteroatoms. The van der Waals surface area contributed by atoms with Crippen molar-refractivity contribution in [1.82, 2.24) is 4.90 Å². The number of hydrogen-bond donors (Lipinski definition) is 0. The average molecular weight is 131 g/mol. The molecule has 0 spiro atoms. The van der Waals surface area contributed by atoms with Crippen molar-refractivity contribution in [2.24, 2.45) is 0 Å². The summed E-state index contributed by atoms with van der Waals surface area (Å²) in [5, 5.41) is 0. The van der Waals surface area contributed by atoms with Gasteiger partial charge in [0.2, 0.25) is 0 Å². The molecule has 0 saturated heterocycles. The fourth-order valence-corrected chi connectivity index (χ4v) is 0.733. The van der Waals surface area contributed by atoms with E-state index in [1.165, 1.54) is 4.91 Å². The minimum atomic E-state index is 1.34. The van der Waals surface area contributed by atoms with Gasteiger partial charge < -0.3 is 4.90 Å². The SMILES string of the molecule is CS/C(C)=C/N(C)C. The highest BCUT2D eigenvalue weighted by molar-refractivity contribution is 8.02. The van der Waals surface area contributed by atoms with Gasteiger partial charge in [-0.1, -0.05) is 0 Å². The zero-order chi connectivity index (χ0) is 6.57. The number of thioether (sulfide) groups is 1. The van der Waals surface area contributed by atoms with Crippen LogP contribution in [-0.2, 0) is 0 Å². The fraction of sp³-hybridized carbons (Fsp3) is 0.667. The molecular weight excluding hydrogens is 118 g/mol. The van der Waals surface area contributed by atoms with E-state index in [2.05, 4.69) is 19.4 Å². The van der Waals surface area contributed by atoms with Crippen molar-refractivity contribution in [3.05, 3.63) is 11.1 Å². The Hall–Kier alpha value is -0.110. The van der Waals surface area contributed by atoms with Gasteiger partial charge in [0, 0.05) is 20.3 Å². The second-order valence-electron chi connectivity index (χ2n) is 1.91. The van der Waals surface area contributed by atoms with E-state index in [1.54, 1.807) is 11.8 Å². The van der Waals surface area contributed by atoms with Gasteiger partial charge in [0.15, 0.2) is 0 Å². The van der Waals surface area contributed by atoms with Crippen LogP contribution < -0.4 is 0 Å². The van der Waals surface area contributed by atoms with Gasteiger partial charge in [0.1, 0.15) is 0 Å². The molecule has 0 aromatic heterocycles. The summed E-state index contributed by atoms with van der Waals surface area (Å²) in [6, 6.07) is 0. The predicted octanol–water partition coefficient (Wildman–Crippen LogP) is 1.77. The van der Waals surface area contributed by atoms with Crippen LogP contribution in [-0.4, -0.2) is 25.3 Å². The fourth-order valence-electron chi connectivity index (χ4n) is 0.416. The van der Waals surface area contributed by atoms with Crippen LogP contribution in [0.15, 0.2) is 11.1 Å². The van der Waals surface area contributed by atoms with Gasteiger partial charge >= 0.3 is 0 Å². The molecule has 1 nitrogen and oxygen atoms in total. The van der Waals surface area contributed by atoms with Crippen LogP contribution in [0.2, 0.25) is 0 Å². The topological polar surface area (TPSA) is 3.24 Å². The number of rotatable bonds is 2. The first-order valence-corrected chi connectivity index (χ1v) is 3.78. The van der Waals surface area contributed by atoms with Gasteiger partial charge in [-0.15, -0.1) is 11.8 Å². The van der Waals surface area contributed by atoms with E-state index < -0.39 is 0 Å². The summed E-state index contributed by atoms with van der Waals surface area (Å²) < 4.78 is 0. The zero-order valence-corrected chi connectivity index (χ0v) is 6.75. The van der Waals surface area contributed by atoms with Crippen LogP contribution in [0, 0.1) is 0 Å². The first-order valence-electron chi connectivity index (χ1n) is 2.55. The molecule has 0 fully saturated rings. The Morgan fingerprint density at radius 1 is 1.50 bits per heavy atom. The maximum Gasteiger partial charge on any atom is 0.00787 e. The third-order valence-electron chi connectivity index (χ3n) is 0.762. The van der Waals surface area contributed by atoms with Gasteiger partial charge in [-0.3, -0.25) is 0 Å². The molecule has 8 heavy (non-hydrogen) atoms. The van der Waals surface area contributed by atoms with Gasteiger partial charge in [-0.05, 0) is 18.1 Å². The summed E-state index contributed by atoms with van der Waals surface area (Å²) in [7, 11) is 4.06. The first-order chi connectivity index (χ1) is 3.66. The van der Waals surface area contributed by atoms with Crippen molar-refractivity contribution in [1.29, 1.82) is 0 Å². The minimum absolute atomic E-state index is 1.34. The van der Waals surface area contributed by atoms with E-state index in [9.17, 15) is 0 Å². The lowest BCUT2D eigenvalue weighted by atomic mass is 10.6. The second kappa shape index (κ2) is 3.84. The molecule has 0 heterocycles. The monoisotopic (exact) mass is 131 g/mol. The van der Waals surface area contributed by atoms with E-state index in [1.807, 2.05) is 19.0 Å². The number of nitrogens with zero attached hydrogens (tertiary/aromatic N) is 1. The van der Waals surface area contributed by atoms with E-state index in [4.69, 9.17) is 0 Å². The lowest BCUT2D eigenvalue weighted by Crippen LogP contribution is -2.00. The number of allylic oxidation sites excluding steroid dienone is 1. The quantitative estimate of drug-likeness (QED) is 0.562. The molecule has 0 aliphatic heterocycles. The predicted molar refractivity (Wildman–Crippen MR) is 41.0 cm³/mol. The van der Waals surface area contributed by atoms with E-state index in [0.717, 1.165) is 0 Å². The molecule has 0 amide bonds. The molecule has 0 aromatic rings. The van der Waals surface area contributed by atoms with Crippen molar-refractivity contribution in [3.63, 3.8) is 0 Å². The first kappa shape index (κ1) is 7.89. The molecule has 0 N–H and O–H groups in total. The van der Waals surface area contributed by atoms with Crippen LogP contribution in [0.1, 0.15) is 6.92 Å². The highest BCUT2D eigenvalue weighted by Crippen LogP contribution is 2.08. The van der Waals surface area contributed by atoms with Crippen molar-refractivity contribution in [2.45, 2.75) is 6.92 Å². The van der Waals surface area contributed by atoms with Gasteiger partial charge in [0.25, 0.3) is 0 Å². The van der Waals surface area contributed by atoms with Crippen molar-refractivity contribution < 1.29 is 0 Å². The Balaban J connectivity index is 3.56. The highest BCUT2D eigenvalue weighted by atomic mass is 32.2. The van der Waals surface area contributed by atoms with Crippen LogP contribution in [0.25, 0.3) is 0 Å². The summed E-state index contributed by atoms with van der Waals surface area (Å²) in [4.78, 5) is 3.39. The van der Waals surface area contributed by atoms with Crippen LogP contribution in [0.4, 0.5) is 0 Å². The summed E-state index contributed by atoms with van der Waals surface area (Å²) in [5.41, 5.74) is 0. The Morgan fingerprint density at radius 3 is 2.12 bits per heavy atom. The van der Waals surface area contributed by atoms with Crippen LogP contribution >= 0.6 is 11.8 Å². The molecule has 0 aromatic carbocycles. The molecule has 0 rings (SSSR count). The average Bonchev–Trinajstić information content (AvgIpc) is 1.65. The van der Waals surface area contributed by atoms with Gasteiger partial charge in [-0.2, -0.15) is 0 Å². The van der Waals surface area contributed by atoms with E-state index >= 15 is 0 Å². The third kappa shape index (κ3) is 4.06. The summed E-state index contributed by atoms with van der Waals surface area (Å²) in [6.07, 6.45) is 4.18. The molecule has 0 saturated carbocycles. The van der Waals surface area contributed by atoms with Crippen molar-refractivity contribution >= 4 is 11.8 Å². The summed E-state index contributed by atoms with van der Waals surface area (Å²) in [6.45, 7) is 2.10. The Morgan fingerprint density at radius 2 is 2.00 bits per heavy atom. The molecule has 0 radical (unpaired) electrons. The maximum atomic E-state index is 2.10. The molecule has 0 unspecified atom stereocenters. The molecule has 0 atom stereocenters. The third-order valence-corrected chi connectivity index (χ3v) is 1.51. The highest BCUT2D eigenvalue weighted by Gasteiger charge is 1.82. The normalized spacial score (nSPS) is 11.8. The van der Waals surface area contributed by atoms with Crippen LogP contribution in [0.3, 0.4) is 0 Å². The minimum Gasteiger partial charge on any atom is -0.383 e. The van der Waals surface area contributed by atoms with Crippen LogP contribution in [0.5, 0.6) is 0 Å². The summed E-state index contributed by atoms with van der Waals surface area (Å²) >= 11 is 1.77. The van der Waals surface area contributed by atoms with E-state index in [0.29, 0.717) is 0 Å². The molecular formula is C6H13NS. The second-order valence-corrected chi connectivity index (χ2v) is 2.96. The molecule has 0 aliphatic rings. The van der Waals surface area contributed by atoms with Crippen molar-refractivity contribution in [3.8, 4) is 0 Å². The molecule has 0 aliphatic carbocycles. The lowest BCUT2D eigenvalue weighted by Gasteiger charge is -2.04. The van der Waals surface area contributed by atoms with Gasteiger partial charge in [0.05, 0.1) is 0 Å². The smallest absolute Gasteiger partial charge is 0.00787 e. The Bertz CT molecular complexity index is 86.5. The Labute approximate surface area is 55.8 Å². The summed E-state index contributed by atoms with van der Waals surface area (Å²) in [5.74, 6) is 0. The number of hydrogen-bond acceptors (Lipinski definition) is 2. The van der Waals surface area contributed by atoms with E-state index in [-0.39, 0.29) is 0 Å². The lowest BCUT2D eigenvalue weighted by molar-refractivity contribution is 0.562. The Kier molecular flexibility index (Phi) is 3.79. The maximum absolute atomic E-state index is 2.10. The zero-order valence-electron chi connectivity index (χ0n) is 5.93. The van der Waals surface area contributed by atoms with Crippen molar-refractivity contribution in [2.75, 3.05) is 20.4 Å². The largest absolute Gasteiger partial charge is 0.383 e. The molecule has 0 bridgehead atoms. The standard InChI is InChI=1S/C6H13NS/c1-6(8-4)5-7(2)3/h5H,1-4H3/b6-5+. The van der Waals surface area contributed by atoms with Gasteiger partial charge in [-0.25, -0.2) is 0 Å².